The van der Waals surface area contributed by atoms with Gasteiger partial charge in [0.2, 0.25) is 5.24 Å². The topological polar surface area (TPSA) is 17.1 Å². The highest BCUT2D eigenvalue weighted by atomic mass is 35.5. The van der Waals surface area contributed by atoms with Gasteiger partial charge in [0.05, 0.1) is 0 Å². The number of hydrogen-bond donors (Lipinski definition) is 0. The second-order valence-electron chi connectivity index (χ2n) is 1.95. The van der Waals surface area contributed by atoms with Gasteiger partial charge in [0, 0.05) is 6.42 Å². The molecule has 0 unspecified atom stereocenters. The van der Waals surface area contributed by atoms with Crippen molar-refractivity contribution in [3.63, 3.8) is 0 Å². The third kappa shape index (κ3) is 2.02. The number of hydrogen-bond acceptors (Lipinski definition) is 1. The zero-order valence-corrected chi connectivity index (χ0v) is 5.69. The molecule has 0 radical (unpaired) electrons. The Morgan fingerprint density at radius 2 is 2.56 bits per heavy atom. The molecule has 9 heavy (non-hydrogen) atoms. The smallest absolute Gasteiger partial charge is 0.226 e. The van der Waals surface area contributed by atoms with Gasteiger partial charge in [-0.25, -0.2) is 0 Å². The van der Waals surface area contributed by atoms with Gasteiger partial charge in [-0.05, 0) is 23.6 Å². The molecular formula is C7H7ClO. The average molecular weight is 143 g/mol. The van der Waals surface area contributed by atoms with Gasteiger partial charge in [0.15, 0.2) is 0 Å². The lowest BCUT2D eigenvalue weighted by Crippen LogP contribution is -1.85. The molecule has 0 aromatic rings. The predicted octanol–water partition coefficient (Wildman–Crippen LogP) is 2.03. The van der Waals surface area contributed by atoms with Crippen LogP contribution in [0.4, 0.5) is 0 Å². The highest BCUT2D eigenvalue weighted by Gasteiger charge is 2.01. The Hall–Kier alpha value is -0.560. The maximum atomic E-state index is 10.3. The van der Waals surface area contributed by atoms with Gasteiger partial charge in [0.1, 0.15) is 0 Å². The third-order valence-corrected chi connectivity index (χ3v) is 1.32. The molecule has 0 aromatic heterocycles. The van der Waals surface area contributed by atoms with Crippen LogP contribution in [-0.4, -0.2) is 5.24 Å². The number of halogens is 1. The van der Waals surface area contributed by atoms with Crippen molar-refractivity contribution in [3.05, 3.63) is 23.8 Å². The fraction of sp³-hybridized carbons (Fsp3) is 0.286. The summed E-state index contributed by atoms with van der Waals surface area (Å²) in [7, 11) is 0. The van der Waals surface area contributed by atoms with Crippen LogP contribution in [0.3, 0.4) is 0 Å². The fourth-order valence-electron chi connectivity index (χ4n) is 0.798. The minimum atomic E-state index is -0.284. The van der Waals surface area contributed by atoms with Crippen LogP contribution in [0.5, 0.6) is 0 Å². The average Bonchev–Trinajstić information content (AvgIpc) is 2.15. The summed E-state index contributed by atoms with van der Waals surface area (Å²) in [5.41, 5.74) is 1.04. The van der Waals surface area contributed by atoms with Crippen molar-refractivity contribution in [2.24, 2.45) is 0 Å². The summed E-state index contributed by atoms with van der Waals surface area (Å²) in [6.07, 6.45) is 7.26. The molecule has 0 fully saturated rings. The lowest BCUT2D eigenvalue weighted by Gasteiger charge is -1.88. The monoisotopic (exact) mass is 142 g/mol. The van der Waals surface area contributed by atoms with Crippen molar-refractivity contribution < 1.29 is 4.79 Å². The molecule has 1 aliphatic carbocycles. The first-order valence-electron chi connectivity index (χ1n) is 2.83. The van der Waals surface area contributed by atoms with Gasteiger partial charge in [-0.2, -0.15) is 0 Å². The zero-order chi connectivity index (χ0) is 6.69. The van der Waals surface area contributed by atoms with E-state index in [0.717, 1.165) is 12.0 Å². The van der Waals surface area contributed by atoms with E-state index in [0.29, 0.717) is 6.42 Å². The van der Waals surface area contributed by atoms with Gasteiger partial charge in [-0.1, -0.05) is 18.2 Å². The molecule has 0 atom stereocenters. The molecule has 0 aliphatic heterocycles. The van der Waals surface area contributed by atoms with Gasteiger partial charge in [-0.3, -0.25) is 4.79 Å². The van der Waals surface area contributed by atoms with E-state index in [1.54, 1.807) is 0 Å². The molecule has 0 bridgehead atoms. The summed E-state index contributed by atoms with van der Waals surface area (Å²) in [5, 5.41) is -0.284. The molecule has 1 aliphatic rings. The van der Waals surface area contributed by atoms with E-state index in [1.807, 2.05) is 18.2 Å². The molecule has 0 saturated carbocycles. The van der Waals surface area contributed by atoms with E-state index in [-0.39, 0.29) is 5.24 Å². The van der Waals surface area contributed by atoms with Gasteiger partial charge in [-0.15, -0.1) is 0 Å². The van der Waals surface area contributed by atoms with Crippen LogP contribution in [0.2, 0.25) is 0 Å². The van der Waals surface area contributed by atoms with Crippen LogP contribution in [-0.2, 0) is 4.79 Å². The Morgan fingerprint density at radius 3 is 3.00 bits per heavy atom. The second-order valence-corrected chi connectivity index (χ2v) is 2.37. The molecular weight excluding hydrogens is 136 g/mol. The highest BCUT2D eigenvalue weighted by Crippen LogP contribution is 2.13. The van der Waals surface area contributed by atoms with Crippen molar-refractivity contribution >= 4 is 16.8 Å². The third-order valence-electron chi connectivity index (χ3n) is 1.19. The van der Waals surface area contributed by atoms with Gasteiger partial charge < -0.3 is 0 Å². The first kappa shape index (κ1) is 6.56. The normalized spacial score (nSPS) is 15.9. The summed E-state index contributed by atoms with van der Waals surface area (Å²) in [4.78, 5) is 10.3. The van der Waals surface area contributed by atoms with E-state index in [1.165, 1.54) is 0 Å². The maximum absolute atomic E-state index is 10.3. The van der Waals surface area contributed by atoms with Gasteiger partial charge in [0.25, 0.3) is 0 Å². The van der Waals surface area contributed by atoms with E-state index in [4.69, 9.17) is 11.6 Å². The van der Waals surface area contributed by atoms with Crippen molar-refractivity contribution in [3.8, 4) is 0 Å². The fourth-order valence-corrected chi connectivity index (χ4v) is 0.953. The Kier molecular flexibility index (Phi) is 2.06. The van der Waals surface area contributed by atoms with E-state index < -0.39 is 0 Å². The molecule has 0 heterocycles. The summed E-state index contributed by atoms with van der Waals surface area (Å²) in [6, 6.07) is 0. The number of carbonyl (C=O) groups excluding carboxylic acids is 1. The number of rotatable bonds is 2. The lowest BCUT2D eigenvalue weighted by atomic mass is 10.2. The summed E-state index contributed by atoms with van der Waals surface area (Å²) < 4.78 is 0. The van der Waals surface area contributed by atoms with Crippen molar-refractivity contribution in [2.45, 2.75) is 12.8 Å². The molecule has 0 aromatic carbocycles. The van der Waals surface area contributed by atoms with Gasteiger partial charge >= 0.3 is 0 Å². The molecule has 1 rings (SSSR count). The minimum Gasteiger partial charge on any atom is -0.281 e. The standard InChI is InChI=1S/C7H7ClO/c8-7(9)5-6-3-1-2-4-6/h1,3-4H,2,5H2. The Labute approximate surface area is 59.0 Å². The molecule has 1 nitrogen and oxygen atoms in total. The Morgan fingerprint density at radius 1 is 1.78 bits per heavy atom. The Bertz CT molecular complexity index is 179. The van der Waals surface area contributed by atoms with Crippen LogP contribution < -0.4 is 0 Å². The second kappa shape index (κ2) is 2.83. The van der Waals surface area contributed by atoms with E-state index >= 15 is 0 Å². The first-order chi connectivity index (χ1) is 4.29. The SMILES string of the molecule is O=C(Cl)CC1=CCC=C1. The van der Waals surface area contributed by atoms with Crippen LogP contribution in [0.15, 0.2) is 23.8 Å². The molecule has 2 heteroatoms. The molecule has 0 N–H and O–H groups in total. The zero-order valence-electron chi connectivity index (χ0n) is 4.93. The summed E-state index contributed by atoms with van der Waals surface area (Å²) >= 11 is 5.14. The van der Waals surface area contributed by atoms with Crippen LogP contribution in [0.25, 0.3) is 0 Å². The maximum Gasteiger partial charge on any atom is 0.226 e. The lowest BCUT2D eigenvalue weighted by molar-refractivity contribution is -0.111. The summed E-state index contributed by atoms with van der Waals surface area (Å²) in [5.74, 6) is 0. The highest BCUT2D eigenvalue weighted by molar-refractivity contribution is 6.63. The van der Waals surface area contributed by atoms with Crippen LogP contribution in [0, 0.1) is 0 Å². The van der Waals surface area contributed by atoms with Crippen LogP contribution in [0.1, 0.15) is 12.8 Å². The number of carbonyl (C=O) groups is 1. The largest absolute Gasteiger partial charge is 0.281 e. The summed E-state index contributed by atoms with van der Waals surface area (Å²) in [6.45, 7) is 0. The molecule has 0 amide bonds. The van der Waals surface area contributed by atoms with Crippen molar-refractivity contribution in [1.82, 2.24) is 0 Å². The van der Waals surface area contributed by atoms with Crippen LogP contribution >= 0.6 is 11.6 Å². The van der Waals surface area contributed by atoms with Crippen molar-refractivity contribution in [2.75, 3.05) is 0 Å². The predicted molar refractivity (Wildman–Crippen MR) is 37.3 cm³/mol. The Balaban J connectivity index is 2.45. The molecule has 0 spiro atoms. The molecule has 0 saturated heterocycles. The minimum absolute atomic E-state index is 0.284. The quantitative estimate of drug-likeness (QED) is 0.540. The van der Waals surface area contributed by atoms with E-state index in [9.17, 15) is 4.79 Å². The van der Waals surface area contributed by atoms with E-state index in [2.05, 4.69) is 0 Å². The number of allylic oxidation sites excluding steroid dienone is 4. The first-order valence-corrected chi connectivity index (χ1v) is 3.21. The molecule has 48 valence electrons. The van der Waals surface area contributed by atoms with Crippen molar-refractivity contribution in [1.29, 1.82) is 0 Å².